The van der Waals surface area contributed by atoms with Crippen LogP contribution in [0.4, 0.5) is 0 Å². The largest absolute Gasteiger partial charge is 0.349 e. The van der Waals surface area contributed by atoms with Crippen LogP contribution in [0.15, 0.2) is 72.8 Å². The average molecular weight is 399 g/mol. The van der Waals surface area contributed by atoms with Gasteiger partial charge in [0.2, 0.25) is 0 Å². The van der Waals surface area contributed by atoms with Crippen molar-refractivity contribution < 1.29 is 4.79 Å². The van der Waals surface area contributed by atoms with Crippen molar-refractivity contribution in [3.63, 3.8) is 0 Å². The molecule has 30 heavy (non-hydrogen) atoms. The maximum atomic E-state index is 12.6. The normalized spacial score (nSPS) is 15.1. The lowest BCUT2D eigenvalue weighted by molar-refractivity contribution is 0.0908. The van der Waals surface area contributed by atoms with Crippen molar-refractivity contribution in [1.29, 1.82) is 0 Å². The number of aryl methyl sites for hydroxylation is 2. The number of carbonyl (C=O) groups excluding carboxylic acids is 1. The third-order valence-corrected chi connectivity index (χ3v) is 6.00. The van der Waals surface area contributed by atoms with Gasteiger partial charge in [-0.25, -0.2) is 0 Å². The first-order valence-corrected chi connectivity index (χ1v) is 10.8. The van der Waals surface area contributed by atoms with Gasteiger partial charge >= 0.3 is 0 Å². The number of carbonyl (C=O) groups is 1. The number of nitrogens with one attached hydrogen (secondary N) is 1. The molecule has 0 unspecified atom stereocenters. The fourth-order valence-electron chi connectivity index (χ4n) is 4.26. The molecule has 0 bridgehead atoms. The summed E-state index contributed by atoms with van der Waals surface area (Å²) in [6, 6.07) is 25.6. The standard InChI is InChI=1S/C27H30N2O/c1-20-7-5-10-23(17-20)24-11-6-9-22(18-24)19-29-15-13-25(14-16-29)28-27(30)26-12-4-3-8-21(26)2/h3-12,17-18,25H,13-16,19H2,1-2H3,(H,28,30). The molecule has 0 radical (unpaired) electrons. The number of rotatable bonds is 5. The fourth-order valence-corrected chi connectivity index (χ4v) is 4.26. The summed E-state index contributed by atoms with van der Waals surface area (Å²) < 4.78 is 0. The molecule has 154 valence electrons. The number of piperidine rings is 1. The van der Waals surface area contributed by atoms with Gasteiger partial charge in [0.15, 0.2) is 0 Å². The summed E-state index contributed by atoms with van der Waals surface area (Å²) in [5.74, 6) is 0.0532. The minimum atomic E-state index is 0.0532. The van der Waals surface area contributed by atoms with Crippen LogP contribution in [0.3, 0.4) is 0 Å². The van der Waals surface area contributed by atoms with Crippen LogP contribution >= 0.6 is 0 Å². The maximum absolute atomic E-state index is 12.6. The van der Waals surface area contributed by atoms with Gasteiger partial charge in [-0.05, 0) is 61.1 Å². The Balaban J connectivity index is 1.32. The molecule has 1 fully saturated rings. The van der Waals surface area contributed by atoms with Crippen LogP contribution in [0.1, 0.15) is 39.9 Å². The van der Waals surface area contributed by atoms with Crippen molar-refractivity contribution in [1.82, 2.24) is 10.2 Å². The zero-order valence-corrected chi connectivity index (χ0v) is 17.9. The van der Waals surface area contributed by atoms with E-state index in [1.807, 2.05) is 31.2 Å². The highest BCUT2D eigenvalue weighted by atomic mass is 16.1. The van der Waals surface area contributed by atoms with E-state index >= 15 is 0 Å². The molecule has 0 saturated carbocycles. The number of nitrogens with zero attached hydrogens (tertiary/aromatic N) is 1. The second-order valence-electron chi connectivity index (χ2n) is 8.41. The molecule has 0 aromatic heterocycles. The Hall–Kier alpha value is -2.91. The molecule has 1 aliphatic rings. The van der Waals surface area contributed by atoms with Crippen molar-refractivity contribution in [2.75, 3.05) is 13.1 Å². The summed E-state index contributed by atoms with van der Waals surface area (Å²) >= 11 is 0. The zero-order chi connectivity index (χ0) is 20.9. The molecule has 3 aromatic carbocycles. The molecule has 3 heteroatoms. The Morgan fingerprint density at radius 1 is 0.900 bits per heavy atom. The van der Waals surface area contributed by atoms with Crippen molar-refractivity contribution in [2.24, 2.45) is 0 Å². The summed E-state index contributed by atoms with van der Waals surface area (Å²) in [5, 5.41) is 3.23. The molecular formula is C27H30N2O. The van der Waals surface area contributed by atoms with E-state index < -0.39 is 0 Å². The summed E-state index contributed by atoms with van der Waals surface area (Å²) in [6.07, 6.45) is 1.99. The van der Waals surface area contributed by atoms with Gasteiger partial charge in [-0.15, -0.1) is 0 Å². The molecule has 1 aliphatic heterocycles. The molecule has 4 rings (SSSR count). The zero-order valence-electron chi connectivity index (χ0n) is 17.9. The molecule has 0 spiro atoms. The van der Waals surface area contributed by atoms with E-state index in [9.17, 15) is 4.79 Å². The lowest BCUT2D eigenvalue weighted by Gasteiger charge is -2.32. The number of hydrogen-bond donors (Lipinski definition) is 1. The van der Waals surface area contributed by atoms with Gasteiger partial charge in [0.1, 0.15) is 0 Å². The third-order valence-electron chi connectivity index (χ3n) is 6.00. The number of hydrogen-bond acceptors (Lipinski definition) is 2. The van der Waals surface area contributed by atoms with E-state index in [0.29, 0.717) is 0 Å². The van der Waals surface area contributed by atoms with E-state index in [4.69, 9.17) is 0 Å². The van der Waals surface area contributed by atoms with Gasteiger partial charge < -0.3 is 5.32 Å². The van der Waals surface area contributed by atoms with E-state index in [2.05, 4.69) is 65.7 Å². The van der Waals surface area contributed by atoms with E-state index in [-0.39, 0.29) is 11.9 Å². The van der Waals surface area contributed by atoms with Crippen LogP contribution in [0.5, 0.6) is 0 Å². The van der Waals surface area contributed by atoms with E-state index in [1.54, 1.807) is 0 Å². The summed E-state index contributed by atoms with van der Waals surface area (Å²) in [4.78, 5) is 15.1. The lowest BCUT2D eigenvalue weighted by Crippen LogP contribution is -2.44. The molecule has 3 aromatic rings. The molecule has 1 saturated heterocycles. The van der Waals surface area contributed by atoms with Gasteiger partial charge in [-0.3, -0.25) is 9.69 Å². The van der Waals surface area contributed by atoms with Crippen LogP contribution in [-0.2, 0) is 6.54 Å². The molecule has 0 aliphatic carbocycles. The Bertz CT molecular complexity index is 1020. The Morgan fingerprint density at radius 2 is 1.60 bits per heavy atom. The number of amides is 1. The predicted octanol–water partition coefficient (Wildman–Crippen LogP) is 5.36. The topological polar surface area (TPSA) is 32.3 Å². The molecular weight excluding hydrogens is 368 g/mol. The Morgan fingerprint density at radius 3 is 2.33 bits per heavy atom. The molecule has 3 nitrogen and oxygen atoms in total. The molecule has 1 N–H and O–H groups in total. The van der Waals surface area contributed by atoms with Crippen LogP contribution in [0.25, 0.3) is 11.1 Å². The first kappa shape index (κ1) is 20.4. The van der Waals surface area contributed by atoms with Gasteiger partial charge in [0, 0.05) is 31.2 Å². The highest BCUT2D eigenvalue weighted by Gasteiger charge is 2.21. The second-order valence-corrected chi connectivity index (χ2v) is 8.41. The van der Waals surface area contributed by atoms with Gasteiger partial charge in [0.25, 0.3) is 5.91 Å². The predicted molar refractivity (Wildman–Crippen MR) is 124 cm³/mol. The Labute approximate surface area is 179 Å². The van der Waals surface area contributed by atoms with Gasteiger partial charge in [0.05, 0.1) is 0 Å². The summed E-state index contributed by atoms with van der Waals surface area (Å²) in [5.41, 5.74) is 6.99. The fraction of sp³-hybridized carbons (Fsp3) is 0.296. The number of benzene rings is 3. The minimum absolute atomic E-state index is 0.0532. The number of likely N-dealkylation sites (tertiary alicyclic amines) is 1. The summed E-state index contributed by atoms with van der Waals surface area (Å²) in [7, 11) is 0. The van der Waals surface area contributed by atoms with Crippen molar-refractivity contribution in [2.45, 2.75) is 39.3 Å². The van der Waals surface area contributed by atoms with E-state index in [0.717, 1.165) is 43.6 Å². The first-order chi connectivity index (χ1) is 14.6. The highest BCUT2D eigenvalue weighted by molar-refractivity contribution is 5.95. The first-order valence-electron chi connectivity index (χ1n) is 10.8. The van der Waals surface area contributed by atoms with E-state index in [1.165, 1.54) is 22.3 Å². The quantitative estimate of drug-likeness (QED) is 0.627. The van der Waals surface area contributed by atoms with Gasteiger partial charge in [-0.1, -0.05) is 66.2 Å². The third kappa shape index (κ3) is 4.98. The minimum Gasteiger partial charge on any atom is -0.349 e. The SMILES string of the molecule is Cc1cccc(-c2cccc(CN3CCC(NC(=O)c4ccccc4C)CC3)c2)c1. The average Bonchev–Trinajstić information content (AvgIpc) is 2.76. The Kier molecular flexibility index (Phi) is 6.29. The molecule has 1 amide bonds. The van der Waals surface area contributed by atoms with Crippen LogP contribution in [0, 0.1) is 13.8 Å². The van der Waals surface area contributed by atoms with Gasteiger partial charge in [-0.2, -0.15) is 0 Å². The van der Waals surface area contributed by atoms with Crippen LogP contribution < -0.4 is 5.32 Å². The molecule has 1 heterocycles. The highest BCUT2D eigenvalue weighted by Crippen LogP contribution is 2.23. The van der Waals surface area contributed by atoms with Crippen molar-refractivity contribution >= 4 is 5.91 Å². The monoisotopic (exact) mass is 398 g/mol. The smallest absolute Gasteiger partial charge is 0.251 e. The van der Waals surface area contributed by atoms with Crippen LogP contribution in [0.2, 0.25) is 0 Å². The van der Waals surface area contributed by atoms with Crippen molar-refractivity contribution in [3.8, 4) is 11.1 Å². The summed E-state index contributed by atoms with van der Waals surface area (Å²) in [6.45, 7) is 7.09. The second kappa shape index (κ2) is 9.27. The van der Waals surface area contributed by atoms with Crippen LogP contribution in [-0.4, -0.2) is 29.9 Å². The van der Waals surface area contributed by atoms with Crippen molar-refractivity contribution in [3.05, 3.63) is 95.1 Å². The maximum Gasteiger partial charge on any atom is 0.251 e. The molecule has 0 atom stereocenters. The lowest BCUT2D eigenvalue weighted by atomic mass is 10.00.